The molecule has 0 aromatic heterocycles. The number of carbonyl (C=O) groups excluding carboxylic acids is 1. The number of carbonyl (C=O) groups is 2. The normalized spacial score (nSPS) is 10.8. The van der Waals surface area contributed by atoms with E-state index in [-0.39, 0.29) is 19.6 Å². The molecule has 0 unspecified atom stereocenters. The van der Waals surface area contributed by atoms with Crippen molar-refractivity contribution in [1.29, 1.82) is 0 Å². The van der Waals surface area contributed by atoms with Gasteiger partial charge in [0.2, 0.25) is 0 Å². The third-order valence-corrected chi connectivity index (χ3v) is 2.05. The van der Waals surface area contributed by atoms with Crippen LogP contribution in [0.15, 0.2) is 12.7 Å². The first kappa shape index (κ1) is 15.4. The lowest BCUT2D eigenvalue weighted by Crippen LogP contribution is -2.51. The van der Waals surface area contributed by atoms with Crippen LogP contribution in [-0.2, 0) is 4.79 Å². The third-order valence-electron chi connectivity index (χ3n) is 2.05. The smallest absolute Gasteiger partial charge is 0.318 e. The average molecular weight is 244 g/mol. The summed E-state index contributed by atoms with van der Waals surface area (Å²) in [6.07, 6.45) is 1.37. The van der Waals surface area contributed by atoms with E-state index in [0.717, 1.165) is 0 Å². The third kappa shape index (κ3) is 6.57. The topological polar surface area (TPSA) is 89.9 Å². The molecule has 0 heterocycles. The van der Waals surface area contributed by atoms with Crippen molar-refractivity contribution in [2.75, 3.05) is 19.7 Å². The predicted octanol–water partition coefficient (Wildman–Crippen LogP) is 0.430. The molecule has 0 aliphatic carbocycles. The van der Waals surface area contributed by atoms with E-state index in [4.69, 9.17) is 10.2 Å². The molecule has 0 rings (SSSR count). The number of aliphatic carboxylic acids is 1. The summed E-state index contributed by atoms with van der Waals surface area (Å²) in [4.78, 5) is 23.7. The van der Waals surface area contributed by atoms with Crippen LogP contribution < -0.4 is 5.32 Å². The molecule has 0 radical (unpaired) electrons. The van der Waals surface area contributed by atoms with Gasteiger partial charge in [0.05, 0.1) is 13.0 Å². The summed E-state index contributed by atoms with van der Waals surface area (Å²) in [6.45, 7) is 7.10. The largest absolute Gasteiger partial charge is 0.481 e. The standard InChI is InChI=1S/C11H20N2O4/c1-4-5-13(6-7-14)10(17)12-11(2,3)8-9(15)16/h4,14H,1,5-8H2,2-3H3,(H,12,17)(H,15,16). The average Bonchev–Trinajstić information content (AvgIpc) is 2.14. The molecule has 98 valence electrons. The van der Waals surface area contributed by atoms with Crippen molar-refractivity contribution in [3.05, 3.63) is 12.7 Å². The van der Waals surface area contributed by atoms with Gasteiger partial charge in [0.25, 0.3) is 0 Å². The Kier molecular flexibility index (Phi) is 6.27. The fourth-order valence-electron chi connectivity index (χ4n) is 1.34. The van der Waals surface area contributed by atoms with Crippen LogP contribution in [0.25, 0.3) is 0 Å². The van der Waals surface area contributed by atoms with E-state index in [1.165, 1.54) is 4.90 Å². The van der Waals surface area contributed by atoms with Crippen LogP contribution in [0.3, 0.4) is 0 Å². The predicted molar refractivity (Wildman–Crippen MR) is 63.7 cm³/mol. The van der Waals surface area contributed by atoms with Gasteiger partial charge < -0.3 is 20.4 Å². The maximum Gasteiger partial charge on any atom is 0.318 e. The lowest BCUT2D eigenvalue weighted by atomic mass is 10.0. The SMILES string of the molecule is C=CCN(CCO)C(=O)NC(C)(C)CC(=O)O. The number of amides is 2. The van der Waals surface area contributed by atoms with Crippen molar-refractivity contribution in [3.63, 3.8) is 0 Å². The Bertz CT molecular complexity index is 289. The Hall–Kier alpha value is -1.56. The van der Waals surface area contributed by atoms with Crippen LogP contribution in [0.4, 0.5) is 4.79 Å². The van der Waals surface area contributed by atoms with Crippen LogP contribution in [0.2, 0.25) is 0 Å². The number of aliphatic hydroxyl groups is 1. The van der Waals surface area contributed by atoms with E-state index in [2.05, 4.69) is 11.9 Å². The van der Waals surface area contributed by atoms with E-state index in [0.29, 0.717) is 6.54 Å². The van der Waals surface area contributed by atoms with Gasteiger partial charge in [-0.05, 0) is 13.8 Å². The molecule has 3 N–H and O–H groups in total. The molecule has 2 amide bonds. The highest BCUT2D eigenvalue weighted by atomic mass is 16.4. The van der Waals surface area contributed by atoms with Crippen molar-refractivity contribution >= 4 is 12.0 Å². The van der Waals surface area contributed by atoms with E-state index in [9.17, 15) is 9.59 Å². The van der Waals surface area contributed by atoms with Crippen molar-refractivity contribution in [2.45, 2.75) is 25.8 Å². The van der Waals surface area contributed by atoms with E-state index in [1.54, 1.807) is 19.9 Å². The monoisotopic (exact) mass is 244 g/mol. The molecule has 0 spiro atoms. The molecule has 0 saturated carbocycles. The maximum absolute atomic E-state index is 11.8. The Morgan fingerprint density at radius 2 is 2.06 bits per heavy atom. The Labute approximate surface area is 101 Å². The molecular formula is C11H20N2O4. The van der Waals surface area contributed by atoms with Crippen molar-refractivity contribution in [1.82, 2.24) is 10.2 Å². The molecule has 0 saturated heterocycles. The molecule has 0 atom stereocenters. The Morgan fingerprint density at radius 3 is 2.47 bits per heavy atom. The zero-order valence-electron chi connectivity index (χ0n) is 10.3. The van der Waals surface area contributed by atoms with Gasteiger partial charge in [0.1, 0.15) is 0 Å². The van der Waals surface area contributed by atoms with Gasteiger partial charge in [0.15, 0.2) is 0 Å². The highest BCUT2D eigenvalue weighted by Crippen LogP contribution is 2.09. The zero-order valence-corrected chi connectivity index (χ0v) is 10.3. The van der Waals surface area contributed by atoms with Gasteiger partial charge in [0, 0.05) is 18.6 Å². The zero-order chi connectivity index (χ0) is 13.5. The minimum atomic E-state index is -0.979. The number of nitrogens with one attached hydrogen (secondary N) is 1. The summed E-state index contributed by atoms with van der Waals surface area (Å²) in [5.41, 5.74) is -0.836. The molecule has 0 aliphatic heterocycles. The second-order valence-corrected chi connectivity index (χ2v) is 4.34. The first-order valence-electron chi connectivity index (χ1n) is 5.33. The van der Waals surface area contributed by atoms with Crippen LogP contribution in [0.5, 0.6) is 0 Å². The lowest BCUT2D eigenvalue weighted by molar-refractivity contribution is -0.138. The number of carboxylic acid groups (broad SMARTS) is 1. The molecule has 17 heavy (non-hydrogen) atoms. The fourth-order valence-corrected chi connectivity index (χ4v) is 1.34. The number of hydrogen-bond donors (Lipinski definition) is 3. The van der Waals surface area contributed by atoms with Crippen LogP contribution in [0, 0.1) is 0 Å². The number of rotatable bonds is 7. The first-order valence-corrected chi connectivity index (χ1v) is 5.33. The van der Waals surface area contributed by atoms with Crippen LogP contribution in [0.1, 0.15) is 20.3 Å². The molecule has 6 nitrogen and oxygen atoms in total. The summed E-state index contributed by atoms with van der Waals surface area (Å²) in [6, 6.07) is -0.412. The van der Waals surface area contributed by atoms with Gasteiger partial charge in [-0.2, -0.15) is 0 Å². The Morgan fingerprint density at radius 1 is 1.47 bits per heavy atom. The fraction of sp³-hybridized carbons (Fsp3) is 0.636. The quantitative estimate of drug-likeness (QED) is 0.566. The second-order valence-electron chi connectivity index (χ2n) is 4.34. The minimum Gasteiger partial charge on any atom is -0.481 e. The van der Waals surface area contributed by atoms with Gasteiger partial charge in [-0.25, -0.2) is 4.79 Å². The van der Waals surface area contributed by atoms with Gasteiger partial charge in [-0.15, -0.1) is 6.58 Å². The maximum atomic E-state index is 11.8. The van der Waals surface area contributed by atoms with Crippen molar-refractivity contribution < 1.29 is 19.8 Å². The van der Waals surface area contributed by atoms with E-state index < -0.39 is 17.5 Å². The second kappa shape index (κ2) is 6.90. The highest BCUT2D eigenvalue weighted by Gasteiger charge is 2.25. The van der Waals surface area contributed by atoms with Crippen molar-refractivity contribution in [3.8, 4) is 0 Å². The van der Waals surface area contributed by atoms with E-state index in [1.807, 2.05) is 0 Å². The number of nitrogens with zero attached hydrogens (tertiary/aromatic N) is 1. The number of carboxylic acids is 1. The minimum absolute atomic E-state index is 0.152. The first-order chi connectivity index (χ1) is 7.82. The molecule has 0 aliphatic rings. The van der Waals surface area contributed by atoms with E-state index >= 15 is 0 Å². The molecule has 6 heteroatoms. The number of aliphatic hydroxyl groups excluding tert-OH is 1. The highest BCUT2D eigenvalue weighted by molar-refractivity contribution is 5.76. The molecular weight excluding hydrogens is 224 g/mol. The number of urea groups is 1. The van der Waals surface area contributed by atoms with Gasteiger partial charge >= 0.3 is 12.0 Å². The van der Waals surface area contributed by atoms with Crippen molar-refractivity contribution in [2.24, 2.45) is 0 Å². The van der Waals surface area contributed by atoms with Crippen LogP contribution in [-0.4, -0.2) is 52.3 Å². The lowest BCUT2D eigenvalue weighted by Gasteiger charge is -2.29. The van der Waals surface area contributed by atoms with Gasteiger partial charge in [-0.3, -0.25) is 4.79 Å². The summed E-state index contributed by atoms with van der Waals surface area (Å²) >= 11 is 0. The Balaban J connectivity index is 4.46. The van der Waals surface area contributed by atoms with Crippen LogP contribution >= 0.6 is 0 Å². The molecule has 0 aromatic carbocycles. The number of hydrogen-bond acceptors (Lipinski definition) is 3. The summed E-state index contributed by atoms with van der Waals surface area (Å²) in [7, 11) is 0. The molecule has 0 bridgehead atoms. The summed E-state index contributed by atoms with van der Waals surface area (Å²) in [5.74, 6) is -0.979. The molecule has 0 aromatic rings. The molecule has 0 fully saturated rings. The summed E-state index contributed by atoms with van der Waals surface area (Å²) in [5, 5.41) is 20.1. The summed E-state index contributed by atoms with van der Waals surface area (Å²) < 4.78 is 0. The van der Waals surface area contributed by atoms with Gasteiger partial charge in [-0.1, -0.05) is 6.08 Å².